The summed E-state index contributed by atoms with van der Waals surface area (Å²) >= 11 is 3.36. The minimum atomic E-state index is 0.846. The molecular formula is C12H13BrN2. The summed E-state index contributed by atoms with van der Waals surface area (Å²) in [4.78, 5) is 6.38. The van der Waals surface area contributed by atoms with Gasteiger partial charge in [-0.3, -0.25) is 0 Å². The molecule has 1 aromatic heterocycles. The molecule has 0 amide bonds. The summed E-state index contributed by atoms with van der Waals surface area (Å²) in [7, 11) is 0. The summed E-state index contributed by atoms with van der Waals surface area (Å²) < 4.78 is 0.973. The number of aromatic nitrogens is 1. The third-order valence-corrected chi connectivity index (χ3v) is 2.49. The van der Waals surface area contributed by atoms with Crippen molar-refractivity contribution < 1.29 is 0 Å². The highest BCUT2D eigenvalue weighted by molar-refractivity contribution is 9.10. The predicted octanol–water partition coefficient (Wildman–Crippen LogP) is 3.21. The lowest BCUT2D eigenvalue weighted by atomic mass is 10.3. The number of hydrogen-bond donors (Lipinski definition) is 0. The van der Waals surface area contributed by atoms with Gasteiger partial charge in [-0.1, -0.05) is 5.92 Å². The number of rotatable bonds is 3. The highest BCUT2D eigenvalue weighted by Crippen LogP contribution is 2.18. The van der Waals surface area contributed by atoms with Gasteiger partial charge < -0.3 is 4.90 Å². The van der Waals surface area contributed by atoms with Crippen molar-refractivity contribution in [3.05, 3.63) is 34.6 Å². The van der Waals surface area contributed by atoms with E-state index in [2.05, 4.69) is 38.7 Å². The van der Waals surface area contributed by atoms with Gasteiger partial charge in [-0.2, -0.15) is 0 Å². The third-order valence-electron chi connectivity index (χ3n) is 2.02. The van der Waals surface area contributed by atoms with E-state index in [9.17, 15) is 0 Å². The molecule has 0 atom stereocenters. The molecule has 0 N–H and O–H groups in total. The number of allylic oxidation sites excluding steroid dienone is 2. The van der Waals surface area contributed by atoms with Crippen molar-refractivity contribution in [1.29, 1.82) is 0 Å². The van der Waals surface area contributed by atoms with Crippen LogP contribution in [0.25, 0.3) is 0 Å². The number of hydrogen-bond acceptors (Lipinski definition) is 2. The van der Waals surface area contributed by atoms with Crippen LogP contribution in [-0.2, 0) is 0 Å². The summed E-state index contributed by atoms with van der Waals surface area (Å²) in [5, 5.41) is 0. The van der Waals surface area contributed by atoms with Gasteiger partial charge in [0.15, 0.2) is 0 Å². The molecule has 0 aromatic carbocycles. The average Bonchev–Trinajstić information content (AvgIpc) is 2.22. The molecule has 0 fully saturated rings. The molecule has 0 radical (unpaired) electrons. The Morgan fingerprint density at radius 1 is 1.67 bits per heavy atom. The molecule has 0 aliphatic carbocycles. The Balaban J connectivity index is 2.98. The summed E-state index contributed by atoms with van der Waals surface area (Å²) in [6, 6.07) is 3.93. The normalized spacial score (nSPS) is 10.9. The van der Waals surface area contributed by atoms with Gasteiger partial charge in [0.05, 0.1) is 0 Å². The van der Waals surface area contributed by atoms with E-state index in [-0.39, 0.29) is 0 Å². The van der Waals surface area contributed by atoms with Gasteiger partial charge in [-0.05, 0) is 41.9 Å². The molecule has 0 saturated heterocycles. The summed E-state index contributed by atoms with van der Waals surface area (Å²) in [6.07, 6.45) is 8.77. The molecule has 0 aliphatic rings. The van der Waals surface area contributed by atoms with E-state index in [1.807, 2.05) is 19.1 Å². The molecule has 0 unspecified atom stereocenters. The third kappa shape index (κ3) is 3.10. The lowest BCUT2D eigenvalue weighted by Gasteiger charge is -2.21. The fourth-order valence-electron chi connectivity index (χ4n) is 1.32. The number of nitrogens with zero attached hydrogens (tertiary/aromatic N) is 2. The summed E-state index contributed by atoms with van der Waals surface area (Å²) in [5.41, 5.74) is 1.02. The van der Waals surface area contributed by atoms with Crippen LogP contribution in [0.4, 0.5) is 5.82 Å². The minimum absolute atomic E-state index is 0.846. The zero-order valence-corrected chi connectivity index (χ0v) is 10.5. The van der Waals surface area contributed by atoms with E-state index in [0.29, 0.717) is 0 Å². The molecule has 15 heavy (non-hydrogen) atoms. The quantitative estimate of drug-likeness (QED) is 0.780. The zero-order valence-electron chi connectivity index (χ0n) is 8.87. The van der Waals surface area contributed by atoms with Crippen molar-refractivity contribution in [3.8, 4) is 12.3 Å². The van der Waals surface area contributed by atoms with Gasteiger partial charge in [-0.25, -0.2) is 4.98 Å². The van der Waals surface area contributed by atoms with Crippen LogP contribution < -0.4 is 4.90 Å². The Labute approximate surface area is 99.1 Å². The van der Waals surface area contributed by atoms with Crippen LogP contribution >= 0.6 is 15.9 Å². The number of anilines is 1. The van der Waals surface area contributed by atoms with Crippen molar-refractivity contribution in [2.75, 3.05) is 11.4 Å². The SMILES string of the molecule is C#C/C=C(/C)N(CC)c1ccc(Br)cn1. The van der Waals surface area contributed by atoms with Crippen LogP contribution in [0.15, 0.2) is 34.6 Å². The second-order valence-electron chi connectivity index (χ2n) is 3.03. The number of halogens is 1. The van der Waals surface area contributed by atoms with Crippen molar-refractivity contribution >= 4 is 21.7 Å². The first-order chi connectivity index (χ1) is 7.19. The van der Waals surface area contributed by atoms with Gasteiger partial charge in [0.25, 0.3) is 0 Å². The maximum absolute atomic E-state index is 5.24. The van der Waals surface area contributed by atoms with Crippen LogP contribution in [0.1, 0.15) is 13.8 Å². The van der Waals surface area contributed by atoms with Crippen molar-refractivity contribution in [1.82, 2.24) is 4.98 Å². The predicted molar refractivity (Wildman–Crippen MR) is 67.5 cm³/mol. The topological polar surface area (TPSA) is 16.1 Å². The fraction of sp³-hybridized carbons (Fsp3) is 0.250. The Morgan fingerprint density at radius 2 is 2.40 bits per heavy atom. The number of terminal acetylenes is 1. The first-order valence-corrected chi connectivity index (χ1v) is 5.50. The van der Waals surface area contributed by atoms with E-state index in [1.54, 1.807) is 12.3 Å². The van der Waals surface area contributed by atoms with Gasteiger partial charge in [0, 0.05) is 29.0 Å². The molecule has 1 heterocycles. The molecule has 0 aliphatic heterocycles. The highest BCUT2D eigenvalue weighted by Gasteiger charge is 2.06. The van der Waals surface area contributed by atoms with E-state index < -0.39 is 0 Å². The van der Waals surface area contributed by atoms with Gasteiger partial charge in [-0.15, -0.1) is 6.42 Å². The molecule has 0 bridgehead atoms. The molecule has 1 rings (SSSR count). The Hall–Kier alpha value is -1.27. The Morgan fingerprint density at radius 3 is 2.87 bits per heavy atom. The van der Waals surface area contributed by atoms with Gasteiger partial charge >= 0.3 is 0 Å². The van der Waals surface area contributed by atoms with Crippen molar-refractivity contribution in [3.63, 3.8) is 0 Å². The van der Waals surface area contributed by atoms with Crippen LogP contribution in [0.5, 0.6) is 0 Å². The second-order valence-corrected chi connectivity index (χ2v) is 3.95. The molecule has 3 heteroatoms. The monoisotopic (exact) mass is 264 g/mol. The van der Waals surface area contributed by atoms with Crippen LogP contribution in [-0.4, -0.2) is 11.5 Å². The lowest BCUT2D eigenvalue weighted by molar-refractivity contribution is 0.927. The standard InChI is InChI=1S/C12H13BrN2/c1-4-6-10(3)15(5-2)12-8-7-11(13)9-14-12/h1,6-9H,5H2,2-3H3/b10-6-. The molecular weight excluding hydrogens is 252 g/mol. The first-order valence-electron chi connectivity index (χ1n) is 4.71. The zero-order chi connectivity index (χ0) is 11.3. The van der Waals surface area contributed by atoms with Crippen molar-refractivity contribution in [2.24, 2.45) is 0 Å². The largest absolute Gasteiger partial charge is 0.330 e. The smallest absolute Gasteiger partial charge is 0.132 e. The van der Waals surface area contributed by atoms with Gasteiger partial charge in [0.1, 0.15) is 5.82 Å². The summed E-state index contributed by atoms with van der Waals surface area (Å²) in [6.45, 7) is 4.89. The number of pyridine rings is 1. The van der Waals surface area contributed by atoms with E-state index >= 15 is 0 Å². The average molecular weight is 265 g/mol. The molecule has 78 valence electrons. The van der Waals surface area contributed by atoms with Crippen molar-refractivity contribution in [2.45, 2.75) is 13.8 Å². The van der Waals surface area contributed by atoms with Crippen LogP contribution in [0, 0.1) is 12.3 Å². The van der Waals surface area contributed by atoms with E-state index in [1.165, 1.54) is 0 Å². The van der Waals surface area contributed by atoms with Crippen LogP contribution in [0.3, 0.4) is 0 Å². The fourth-order valence-corrected chi connectivity index (χ4v) is 1.55. The molecule has 2 nitrogen and oxygen atoms in total. The maximum atomic E-state index is 5.24. The maximum Gasteiger partial charge on any atom is 0.132 e. The minimum Gasteiger partial charge on any atom is -0.330 e. The van der Waals surface area contributed by atoms with Gasteiger partial charge in [0.2, 0.25) is 0 Å². The summed E-state index contributed by atoms with van der Waals surface area (Å²) in [5.74, 6) is 3.43. The molecule has 0 spiro atoms. The molecule has 1 aromatic rings. The van der Waals surface area contributed by atoms with Crippen LogP contribution in [0.2, 0.25) is 0 Å². The second kappa shape index (κ2) is 5.57. The van der Waals surface area contributed by atoms with E-state index in [0.717, 1.165) is 22.5 Å². The lowest BCUT2D eigenvalue weighted by Crippen LogP contribution is -2.21. The highest BCUT2D eigenvalue weighted by atomic mass is 79.9. The first kappa shape index (κ1) is 11.8. The van der Waals surface area contributed by atoms with E-state index in [4.69, 9.17) is 6.42 Å². The Kier molecular flexibility index (Phi) is 4.38. The molecule has 0 saturated carbocycles. The Bertz CT molecular complexity index is 387.